The Hall–Kier alpha value is -3.33. The topological polar surface area (TPSA) is 38.3 Å². The van der Waals surface area contributed by atoms with Gasteiger partial charge in [-0.3, -0.25) is 4.79 Å². The third kappa shape index (κ3) is 6.96. The Morgan fingerprint density at radius 2 is 1.48 bits per heavy atom. The van der Waals surface area contributed by atoms with Crippen molar-refractivity contribution in [3.05, 3.63) is 102 Å². The summed E-state index contributed by atoms with van der Waals surface area (Å²) in [6.45, 7) is 4.89. The highest BCUT2D eigenvalue weighted by Gasteiger charge is 2.01. The Morgan fingerprint density at radius 1 is 0.862 bits per heavy atom. The minimum Gasteiger partial charge on any atom is -0.457 e. The summed E-state index contributed by atoms with van der Waals surface area (Å²) in [6.07, 6.45) is 4.48. The average molecular weight is 386 g/mol. The van der Waals surface area contributed by atoms with E-state index in [0.717, 1.165) is 29.0 Å². The van der Waals surface area contributed by atoms with Gasteiger partial charge in [0.1, 0.15) is 11.5 Å². The lowest BCUT2D eigenvalue weighted by atomic mass is 10.0. The van der Waals surface area contributed by atoms with Crippen LogP contribution in [0.4, 0.5) is 0 Å². The van der Waals surface area contributed by atoms with Crippen molar-refractivity contribution in [2.24, 2.45) is 5.92 Å². The van der Waals surface area contributed by atoms with Crippen molar-refractivity contribution >= 4 is 12.0 Å². The number of amides is 1. The first-order chi connectivity index (χ1) is 14.1. The van der Waals surface area contributed by atoms with E-state index in [1.165, 1.54) is 5.56 Å². The summed E-state index contributed by atoms with van der Waals surface area (Å²) in [5.74, 6) is 2.10. The molecule has 0 saturated heterocycles. The number of rotatable bonds is 8. The molecule has 0 bridgehead atoms. The molecule has 1 N–H and O–H groups in total. The standard InChI is InChI=1S/C26H27NO2/c1-20(2)18-22-10-8-21(9-11-22)14-17-26(28)27-19-23-12-15-25(16-13-23)29-24-6-4-3-5-7-24/h3-17,20H,18-19H2,1-2H3,(H,27,28). The van der Waals surface area contributed by atoms with Gasteiger partial charge in [-0.25, -0.2) is 0 Å². The van der Waals surface area contributed by atoms with Gasteiger partial charge in [0.15, 0.2) is 0 Å². The van der Waals surface area contributed by atoms with Crippen molar-refractivity contribution in [3.8, 4) is 11.5 Å². The minimum absolute atomic E-state index is 0.110. The Balaban J connectivity index is 1.47. The summed E-state index contributed by atoms with van der Waals surface area (Å²) < 4.78 is 5.78. The van der Waals surface area contributed by atoms with Gasteiger partial charge in [-0.1, -0.05) is 68.4 Å². The monoisotopic (exact) mass is 385 g/mol. The first-order valence-corrected chi connectivity index (χ1v) is 9.95. The number of carbonyl (C=O) groups excluding carboxylic acids is 1. The molecule has 0 aliphatic heterocycles. The second kappa shape index (κ2) is 10.3. The fourth-order valence-corrected chi connectivity index (χ4v) is 2.96. The smallest absolute Gasteiger partial charge is 0.244 e. The Kier molecular flexibility index (Phi) is 7.23. The quantitative estimate of drug-likeness (QED) is 0.482. The van der Waals surface area contributed by atoms with Gasteiger partial charge in [0.05, 0.1) is 0 Å². The molecule has 0 heterocycles. The average Bonchev–Trinajstić information content (AvgIpc) is 2.73. The van der Waals surface area contributed by atoms with Crippen LogP contribution in [0.3, 0.4) is 0 Å². The molecule has 0 atom stereocenters. The van der Waals surface area contributed by atoms with Crippen LogP contribution in [-0.2, 0) is 17.8 Å². The number of hydrogen-bond acceptors (Lipinski definition) is 2. The van der Waals surface area contributed by atoms with E-state index in [0.29, 0.717) is 12.5 Å². The van der Waals surface area contributed by atoms with Gasteiger partial charge in [0.2, 0.25) is 5.91 Å². The van der Waals surface area contributed by atoms with Gasteiger partial charge in [-0.2, -0.15) is 0 Å². The highest BCUT2D eigenvalue weighted by Crippen LogP contribution is 2.21. The summed E-state index contributed by atoms with van der Waals surface area (Å²) in [5, 5.41) is 2.91. The van der Waals surface area contributed by atoms with Crippen molar-refractivity contribution in [2.75, 3.05) is 0 Å². The van der Waals surface area contributed by atoms with Gasteiger partial charge >= 0.3 is 0 Å². The Labute approximate surface area is 173 Å². The maximum Gasteiger partial charge on any atom is 0.244 e. The molecule has 0 fully saturated rings. The zero-order valence-electron chi connectivity index (χ0n) is 17.0. The van der Waals surface area contributed by atoms with E-state index in [4.69, 9.17) is 4.74 Å². The van der Waals surface area contributed by atoms with E-state index in [1.54, 1.807) is 6.08 Å². The van der Waals surface area contributed by atoms with E-state index >= 15 is 0 Å². The molecule has 0 saturated carbocycles. The second-order valence-corrected chi connectivity index (χ2v) is 7.45. The van der Waals surface area contributed by atoms with Crippen molar-refractivity contribution in [1.82, 2.24) is 5.32 Å². The van der Waals surface area contributed by atoms with Gasteiger partial charge in [-0.05, 0) is 59.4 Å². The van der Waals surface area contributed by atoms with Crippen molar-refractivity contribution < 1.29 is 9.53 Å². The first-order valence-electron chi connectivity index (χ1n) is 9.95. The van der Waals surface area contributed by atoms with Crippen LogP contribution in [0.15, 0.2) is 84.9 Å². The largest absolute Gasteiger partial charge is 0.457 e. The molecular formula is C26H27NO2. The highest BCUT2D eigenvalue weighted by atomic mass is 16.5. The number of para-hydroxylation sites is 1. The highest BCUT2D eigenvalue weighted by molar-refractivity contribution is 5.91. The number of nitrogens with one attached hydrogen (secondary N) is 1. The molecule has 3 aromatic carbocycles. The molecule has 0 spiro atoms. The fourth-order valence-electron chi connectivity index (χ4n) is 2.96. The van der Waals surface area contributed by atoms with Crippen LogP contribution in [0.1, 0.15) is 30.5 Å². The Bertz CT molecular complexity index is 927. The van der Waals surface area contributed by atoms with Gasteiger partial charge < -0.3 is 10.1 Å². The molecule has 3 aromatic rings. The molecule has 3 heteroatoms. The van der Waals surface area contributed by atoms with E-state index in [2.05, 4.69) is 31.3 Å². The zero-order valence-corrected chi connectivity index (χ0v) is 17.0. The second-order valence-electron chi connectivity index (χ2n) is 7.45. The van der Waals surface area contributed by atoms with Crippen LogP contribution in [-0.4, -0.2) is 5.91 Å². The normalized spacial score (nSPS) is 11.0. The van der Waals surface area contributed by atoms with Crippen molar-refractivity contribution in [3.63, 3.8) is 0 Å². The summed E-state index contributed by atoms with van der Waals surface area (Å²) in [5.41, 5.74) is 3.36. The molecule has 0 aliphatic carbocycles. The summed E-state index contributed by atoms with van der Waals surface area (Å²) in [4.78, 5) is 12.1. The van der Waals surface area contributed by atoms with Crippen LogP contribution >= 0.6 is 0 Å². The maximum atomic E-state index is 12.1. The van der Waals surface area contributed by atoms with Gasteiger partial charge in [0, 0.05) is 12.6 Å². The van der Waals surface area contributed by atoms with Gasteiger partial charge in [0.25, 0.3) is 0 Å². The lowest BCUT2D eigenvalue weighted by Crippen LogP contribution is -2.20. The summed E-state index contributed by atoms with van der Waals surface area (Å²) in [7, 11) is 0. The molecule has 0 aromatic heterocycles. The molecule has 0 aliphatic rings. The van der Waals surface area contributed by atoms with Crippen LogP contribution in [0, 0.1) is 5.92 Å². The van der Waals surface area contributed by atoms with E-state index < -0.39 is 0 Å². The lowest BCUT2D eigenvalue weighted by Gasteiger charge is -2.07. The van der Waals surface area contributed by atoms with E-state index in [9.17, 15) is 4.79 Å². The minimum atomic E-state index is -0.110. The van der Waals surface area contributed by atoms with Crippen LogP contribution in [0.5, 0.6) is 11.5 Å². The molecule has 148 valence electrons. The Morgan fingerprint density at radius 3 is 2.14 bits per heavy atom. The van der Waals surface area contributed by atoms with Crippen LogP contribution < -0.4 is 10.1 Å². The molecule has 3 rings (SSSR count). The molecule has 0 unspecified atom stereocenters. The number of hydrogen-bond donors (Lipinski definition) is 1. The fraction of sp³-hybridized carbons (Fsp3) is 0.192. The molecular weight excluding hydrogens is 358 g/mol. The van der Waals surface area contributed by atoms with Gasteiger partial charge in [-0.15, -0.1) is 0 Å². The van der Waals surface area contributed by atoms with Crippen molar-refractivity contribution in [1.29, 1.82) is 0 Å². The number of carbonyl (C=O) groups is 1. The SMILES string of the molecule is CC(C)Cc1ccc(C=CC(=O)NCc2ccc(Oc3ccccc3)cc2)cc1. The van der Waals surface area contributed by atoms with Crippen LogP contribution in [0.25, 0.3) is 6.08 Å². The predicted octanol–water partition coefficient (Wildman–Crippen LogP) is 6.01. The number of ether oxygens (including phenoxy) is 1. The van der Waals surface area contributed by atoms with Crippen LogP contribution in [0.2, 0.25) is 0 Å². The molecule has 0 radical (unpaired) electrons. The molecule has 1 amide bonds. The van der Waals surface area contributed by atoms with Crippen molar-refractivity contribution in [2.45, 2.75) is 26.8 Å². The lowest BCUT2D eigenvalue weighted by molar-refractivity contribution is -0.116. The zero-order chi connectivity index (χ0) is 20.5. The number of benzene rings is 3. The maximum absolute atomic E-state index is 12.1. The molecule has 29 heavy (non-hydrogen) atoms. The van der Waals surface area contributed by atoms with E-state index in [-0.39, 0.29) is 5.91 Å². The predicted molar refractivity (Wildman–Crippen MR) is 119 cm³/mol. The summed E-state index contributed by atoms with van der Waals surface area (Å²) >= 11 is 0. The first kappa shape index (κ1) is 20.4. The molecule has 3 nitrogen and oxygen atoms in total. The summed E-state index contributed by atoms with van der Waals surface area (Å²) in [6, 6.07) is 25.7. The third-order valence-electron chi connectivity index (χ3n) is 4.42. The third-order valence-corrected chi connectivity index (χ3v) is 4.42. The van der Waals surface area contributed by atoms with E-state index in [1.807, 2.05) is 72.8 Å².